The Morgan fingerprint density at radius 1 is 1.42 bits per heavy atom. The van der Waals surface area contributed by atoms with E-state index in [0.717, 1.165) is 10.0 Å². The van der Waals surface area contributed by atoms with Gasteiger partial charge in [0.1, 0.15) is 12.2 Å². The molecule has 4 nitrogen and oxygen atoms in total. The Morgan fingerprint density at radius 2 is 2.16 bits per heavy atom. The minimum atomic E-state index is 0.0467. The highest BCUT2D eigenvalue weighted by molar-refractivity contribution is 9.10. The molecule has 0 aliphatic rings. The molecule has 2 rings (SSSR count). The lowest BCUT2D eigenvalue weighted by Gasteiger charge is -2.10. The molecule has 0 N–H and O–H groups in total. The summed E-state index contributed by atoms with van der Waals surface area (Å²) in [5.74, 6) is 0.749. The topological polar surface area (TPSA) is 47.8 Å². The third-order valence-corrected chi connectivity index (χ3v) is 4.00. The first-order valence-electron chi connectivity index (χ1n) is 6.17. The zero-order chi connectivity index (χ0) is 14.0. The summed E-state index contributed by atoms with van der Waals surface area (Å²) in [4.78, 5) is 16.5. The number of Topliss-reactive ketones (excluding diaryl/α,β-unsaturated/α-hetero) is 1. The summed E-state index contributed by atoms with van der Waals surface area (Å²) in [6.45, 7) is 6.01. The smallest absolute Gasteiger partial charge is 0.171 e. The lowest BCUT2D eigenvalue weighted by Crippen LogP contribution is -2.13. The summed E-state index contributed by atoms with van der Waals surface area (Å²) in [5, 5.41) is 4.14. The van der Waals surface area contributed by atoms with Gasteiger partial charge in [0.15, 0.2) is 5.78 Å². The fourth-order valence-electron chi connectivity index (χ4n) is 1.93. The van der Waals surface area contributed by atoms with E-state index in [4.69, 9.17) is 0 Å². The van der Waals surface area contributed by atoms with Crippen molar-refractivity contribution in [3.8, 4) is 0 Å². The standard InChI is InChI=1S/C14H16BrN3O/c1-9(2)18-13(16-8-17-18)7-12(19)11-6-4-5-10(3)14(11)15/h4-6,8-9H,7H2,1-3H3. The zero-order valence-electron chi connectivity index (χ0n) is 11.2. The molecule has 0 saturated carbocycles. The van der Waals surface area contributed by atoms with Crippen molar-refractivity contribution in [3.05, 3.63) is 46.0 Å². The Balaban J connectivity index is 2.26. The van der Waals surface area contributed by atoms with Crippen molar-refractivity contribution < 1.29 is 4.79 Å². The molecule has 0 fully saturated rings. The normalized spacial score (nSPS) is 11.0. The zero-order valence-corrected chi connectivity index (χ0v) is 12.8. The van der Waals surface area contributed by atoms with Crippen LogP contribution in [0.3, 0.4) is 0 Å². The third-order valence-electron chi connectivity index (χ3n) is 2.95. The van der Waals surface area contributed by atoms with Crippen LogP contribution in [0.2, 0.25) is 0 Å². The molecule has 2 aromatic rings. The Bertz CT molecular complexity index is 604. The second-order valence-electron chi connectivity index (χ2n) is 4.75. The predicted molar refractivity (Wildman–Crippen MR) is 77.3 cm³/mol. The molecule has 100 valence electrons. The highest BCUT2D eigenvalue weighted by Crippen LogP contribution is 2.22. The first-order valence-corrected chi connectivity index (χ1v) is 6.96. The van der Waals surface area contributed by atoms with Gasteiger partial charge in [-0.15, -0.1) is 0 Å². The Morgan fingerprint density at radius 3 is 2.84 bits per heavy atom. The van der Waals surface area contributed by atoms with Crippen molar-refractivity contribution >= 4 is 21.7 Å². The largest absolute Gasteiger partial charge is 0.294 e. The van der Waals surface area contributed by atoms with Gasteiger partial charge in [-0.2, -0.15) is 5.10 Å². The molecule has 0 unspecified atom stereocenters. The molecule has 19 heavy (non-hydrogen) atoms. The molecule has 0 radical (unpaired) electrons. The van der Waals surface area contributed by atoms with Crippen LogP contribution in [0.1, 0.15) is 41.6 Å². The van der Waals surface area contributed by atoms with E-state index < -0.39 is 0 Å². The first-order chi connectivity index (χ1) is 9.00. The number of ketones is 1. The number of carbonyl (C=O) groups is 1. The summed E-state index contributed by atoms with van der Waals surface area (Å²) < 4.78 is 2.64. The molecule has 1 aromatic heterocycles. The minimum Gasteiger partial charge on any atom is -0.294 e. The summed E-state index contributed by atoms with van der Waals surface area (Å²) in [6.07, 6.45) is 1.76. The van der Waals surface area contributed by atoms with E-state index in [1.807, 2.05) is 39.0 Å². The van der Waals surface area contributed by atoms with Gasteiger partial charge in [0.05, 0.1) is 6.42 Å². The molecule has 0 aliphatic heterocycles. The van der Waals surface area contributed by atoms with Gasteiger partial charge in [0.25, 0.3) is 0 Å². The fourth-order valence-corrected chi connectivity index (χ4v) is 2.42. The Labute approximate surface area is 121 Å². The maximum atomic E-state index is 12.3. The van der Waals surface area contributed by atoms with Crippen molar-refractivity contribution in [1.82, 2.24) is 14.8 Å². The molecular weight excluding hydrogens is 306 g/mol. The van der Waals surface area contributed by atoms with Crippen LogP contribution in [0, 0.1) is 6.92 Å². The van der Waals surface area contributed by atoms with Crippen LogP contribution in [0.25, 0.3) is 0 Å². The Hall–Kier alpha value is -1.49. The van der Waals surface area contributed by atoms with Crippen molar-refractivity contribution in [1.29, 1.82) is 0 Å². The van der Waals surface area contributed by atoms with E-state index >= 15 is 0 Å². The summed E-state index contributed by atoms with van der Waals surface area (Å²) in [5.41, 5.74) is 1.74. The summed E-state index contributed by atoms with van der Waals surface area (Å²) >= 11 is 3.47. The number of benzene rings is 1. The van der Waals surface area contributed by atoms with Gasteiger partial charge in [-0.3, -0.25) is 4.79 Å². The molecule has 5 heteroatoms. The maximum absolute atomic E-state index is 12.3. The van der Waals surface area contributed by atoms with Crippen LogP contribution in [0.15, 0.2) is 29.0 Å². The lowest BCUT2D eigenvalue weighted by molar-refractivity contribution is 0.0988. The van der Waals surface area contributed by atoms with Crippen LogP contribution in [-0.2, 0) is 6.42 Å². The Kier molecular flexibility index (Phi) is 4.14. The van der Waals surface area contributed by atoms with Crippen LogP contribution in [0.4, 0.5) is 0 Å². The van der Waals surface area contributed by atoms with Gasteiger partial charge >= 0.3 is 0 Å². The number of aryl methyl sites for hydroxylation is 1. The number of rotatable bonds is 4. The maximum Gasteiger partial charge on any atom is 0.171 e. The van der Waals surface area contributed by atoms with Gasteiger partial charge in [-0.25, -0.2) is 9.67 Å². The number of hydrogen-bond acceptors (Lipinski definition) is 3. The number of carbonyl (C=O) groups excluding carboxylic acids is 1. The van der Waals surface area contributed by atoms with Gasteiger partial charge in [0, 0.05) is 16.1 Å². The van der Waals surface area contributed by atoms with Crippen LogP contribution >= 0.6 is 15.9 Å². The lowest BCUT2D eigenvalue weighted by atomic mass is 10.1. The van der Waals surface area contributed by atoms with Crippen LogP contribution < -0.4 is 0 Å². The first kappa shape index (κ1) is 13.9. The molecule has 0 spiro atoms. The van der Waals surface area contributed by atoms with Gasteiger partial charge in [0.2, 0.25) is 0 Å². The molecule has 0 saturated heterocycles. The molecule has 0 bridgehead atoms. The van der Waals surface area contributed by atoms with E-state index in [2.05, 4.69) is 26.0 Å². The second-order valence-corrected chi connectivity index (χ2v) is 5.54. The van der Waals surface area contributed by atoms with E-state index in [1.165, 1.54) is 6.33 Å². The highest BCUT2D eigenvalue weighted by atomic mass is 79.9. The average molecular weight is 322 g/mol. The summed E-state index contributed by atoms with van der Waals surface area (Å²) in [6, 6.07) is 5.89. The van der Waals surface area contributed by atoms with Gasteiger partial charge in [-0.1, -0.05) is 18.2 Å². The van der Waals surface area contributed by atoms with Crippen molar-refractivity contribution in [2.75, 3.05) is 0 Å². The molecule has 1 aromatic carbocycles. The van der Waals surface area contributed by atoms with Crippen LogP contribution in [-0.4, -0.2) is 20.5 Å². The second kappa shape index (κ2) is 5.65. The SMILES string of the molecule is Cc1cccc(C(=O)Cc2ncnn2C(C)C)c1Br. The summed E-state index contributed by atoms with van der Waals surface area (Å²) in [7, 11) is 0. The van der Waals surface area contributed by atoms with Crippen molar-refractivity contribution in [3.63, 3.8) is 0 Å². The molecule has 0 amide bonds. The molecule has 0 atom stereocenters. The minimum absolute atomic E-state index is 0.0467. The molecule has 1 heterocycles. The third kappa shape index (κ3) is 2.92. The number of aromatic nitrogens is 3. The average Bonchev–Trinajstić information content (AvgIpc) is 2.80. The molecule has 0 aliphatic carbocycles. The van der Waals surface area contributed by atoms with Gasteiger partial charge < -0.3 is 0 Å². The quantitative estimate of drug-likeness (QED) is 0.811. The highest BCUT2D eigenvalue weighted by Gasteiger charge is 2.16. The van der Waals surface area contributed by atoms with Crippen molar-refractivity contribution in [2.24, 2.45) is 0 Å². The number of nitrogens with zero attached hydrogens (tertiary/aromatic N) is 3. The number of hydrogen-bond donors (Lipinski definition) is 0. The van der Waals surface area contributed by atoms with Crippen molar-refractivity contribution in [2.45, 2.75) is 33.2 Å². The monoisotopic (exact) mass is 321 g/mol. The fraction of sp³-hybridized carbons (Fsp3) is 0.357. The van der Waals surface area contributed by atoms with E-state index in [1.54, 1.807) is 4.68 Å². The predicted octanol–water partition coefficient (Wildman–Crippen LogP) is 3.36. The number of halogens is 1. The molecular formula is C14H16BrN3O. The van der Waals surface area contributed by atoms with Crippen LogP contribution in [0.5, 0.6) is 0 Å². The van der Waals surface area contributed by atoms with E-state index in [9.17, 15) is 4.79 Å². The van der Waals surface area contributed by atoms with Gasteiger partial charge in [-0.05, 0) is 42.3 Å². The van der Waals surface area contributed by atoms with E-state index in [0.29, 0.717) is 11.4 Å². The van der Waals surface area contributed by atoms with E-state index in [-0.39, 0.29) is 18.2 Å².